The van der Waals surface area contributed by atoms with Gasteiger partial charge in [-0.05, 0) is 23.0 Å². The molecule has 0 saturated heterocycles. The van der Waals surface area contributed by atoms with Gasteiger partial charge in [0.05, 0.1) is 0 Å². The fourth-order valence-electron chi connectivity index (χ4n) is 1.57. The van der Waals surface area contributed by atoms with Gasteiger partial charge in [0.25, 0.3) is 0 Å². The predicted molar refractivity (Wildman–Crippen MR) is 73.1 cm³/mol. The SMILES string of the molecule is CC(C)(C)c1cccc(C=NCCC[O-])c1[O-].C[O-].[O-2].[V]. The second-order valence-corrected chi connectivity index (χ2v) is 5.07. The van der Waals surface area contributed by atoms with Crippen LogP contribution in [0.4, 0.5) is 0 Å². The van der Waals surface area contributed by atoms with Crippen LogP contribution in [-0.4, -0.2) is 26.5 Å². The molecule has 1 rings (SSSR count). The van der Waals surface area contributed by atoms with Crippen molar-refractivity contribution in [2.75, 3.05) is 20.3 Å². The largest absolute Gasteiger partial charge is 2.00 e. The smallest absolute Gasteiger partial charge is 0.0376 e. The zero-order valence-electron chi connectivity index (χ0n) is 13.0. The Balaban J connectivity index is -0.000000774. The maximum Gasteiger partial charge on any atom is 0.0376 e. The Kier molecular flexibility index (Phi) is 15.4. The molecule has 1 aromatic carbocycles. The molecule has 1 radical (unpaired) electrons. The topological polar surface area (TPSA) is 110 Å². The number of rotatable bonds is 4. The molecule has 6 heteroatoms. The van der Waals surface area contributed by atoms with E-state index >= 15 is 0 Å². The first-order chi connectivity index (χ1) is 8.96. The number of hydrogen-bond acceptors (Lipinski definition) is 4. The van der Waals surface area contributed by atoms with E-state index in [9.17, 15) is 10.2 Å². The van der Waals surface area contributed by atoms with E-state index in [4.69, 9.17) is 5.11 Å². The van der Waals surface area contributed by atoms with Crippen LogP contribution in [0.1, 0.15) is 38.3 Å². The number of para-hydroxylation sites is 1. The summed E-state index contributed by atoms with van der Waals surface area (Å²) in [7, 11) is 0.750. The Morgan fingerprint density at radius 2 is 1.76 bits per heavy atom. The molecule has 0 N–H and O–H groups in total. The van der Waals surface area contributed by atoms with Crippen LogP contribution in [0.3, 0.4) is 0 Å². The predicted octanol–water partition coefficient (Wildman–Crippen LogP) is 0.0822. The first-order valence-corrected chi connectivity index (χ1v) is 6.26. The first kappa shape index (κ1) is 25.1. The van der Waals surface area contributed by atoms with E-state index in [1.54, 1.807) is 12.3 Å². The number of aliphatic imine (C=N–C) groups is 1. The molecular formula is C15H22NO4V-5. The second kappa shape index (κ2) is 12.9. The van der Waals surface area contributed by atoms with Crippen molar-refractivity contribution in [2.24, 2.45) is 4.99 Å². The second-order valence-electron chi connectivity index (χ2n) is 5.07. The summed E-state index contributed by atoms with van der Waals surface area (Å²) in [6.45, 7) is 6.42. The summed E-state index contributed by atoms with van der Waals surface area (Å²) >= 11 is 0. The summed E-state index contributed by atoms with van der Waals surface area (Å²) in [5, 5.41) is 30.6. The van der Waals surface area contributed by atoms with E-state index in [0.29, 0.717) is 18.5 Å². The third kappa shape index (κ3) is 8.91. The van der Waals surface area contributed by atoms with Gasteiger partial charge in [0, 0.05) is 31.3 Å². The van der Waals surface area contributed by atoms with Gasteiger partial charge >= 0.3 is 0 Å². The van der Waals surface area contributed by atoms with Crippen molar-refractivity contribution in [2.45, 2.75) is 32.6 Å². The van der Waals surface area contributed by atoms with Crippen molar-refractivity contribution in [3.8, 4) is 5.75 Å². The molecule has 1 aromatic rings. The van der Waals surface area contributed by atoms with Gasteiger partial charge < -0.3 is 20.8 Å². The van der Waals surface area contributed by atoms with E-state index in [0.717, 1.165) is 12.7 Å². The fourth-order valence-corrected chi connectivity index (χ4v) is 1.57. The molecule has 0 aliphatic heterocycles. The summed E-state index contributed by atoms with van der Waals surface area (Å²) in [6, 6.07) is 5.49. The van der Waals surface area contributed by atoms with Crippen LogP contribution in [0.5, 0.6) is 5.75 Å². The van der Waals surface area contributed by atoms with E-state index in [1.165, 1.54) is 0 Å². The van der Waals surface area contributed by atoms with Crippen molar-refractivity contribution >= 4 is 6.21 Å². The van der Waals surface area contributed by atoms with E-state index in [2.05, 4.69) is 4.99 Å². The Morgan fingerprint density at radius 3 is 2.24 bits per heavy atom. The van der Waals surface area contributed by atoms with Crippen molar-refractivity contribution < 1.29 is 39.4 Å². The van der Waals surface area contributed by atoms with Crippen molar-refractivity contribution in [3.05, 3.63) is 29.3 Å². The summed E-state index contributed by atoms with van der Waals surface area (Å²) in [4.78, 5) is 4.09. The average molecular weight is 331 g/mol. The number of nitrogens with zero attached hydrogens (tertiary/aromatic N) is 1. The van der Waals surface area contributed by atoms with Gasteiger partial charge in [-0.3, -0.25) is 4.99 Å². The van der Waals surface area contributed by atoms with Gasteiger partial charge in [-0.25, -0.2) is 0 Å². The molecule has 21 heavy (non-hydrogen) atoms. The quantitative estimate of drug-likeness (QED) is 0.575. The molecular weight excluding hydrogens is 309 g/mol. The molecule has 0 aromatic heterocycles. The van der Waals surface area contributed by atoms with Crippen LogP contribution < -0.4 is 15.3 Å². The van der Waals surface area contributed by atoms with Crippen LogP contribution in [0.25, 0.3) is 0 Å². The van der Waals surface area contributed by atoms with Crippen molar-refractivity contribution in [1.29, 1.82) is 0 Å². The number of hydrogen-bond donors (Lipinski definition) is 0. The van der Waals surface area contributed by atoms with Gasteiger partial charge in [0.2, 0.25) is 0 Å². The molecule has 0 saturated carbocycles. The van der Waals surface area contributed by atoms with Gasteiger partial charge in [0.1, 0.15) is 0 Å². The summed E-state index contributed by atoms with van der Waals surface area (Å²) in [5.74, 6) is 0.0332. The maximum absolute atomic E-state index is 12.1. The number of benzene rings is 1. The molecule has 0 spiro atoms. The monoisotopic (exact) mass is 331 g/mol. The summed E-state index contributed by atoms with van der Waals surface area (Å²) < 4.78 is 0. The minimum absolute atomic E-state index is 0. The van der Waals surface area contributed by atoms with Crippen LogP contribution >= 0.6 is 0 Å². The molecule has 0 aliphatic rings. The normalized spacial score (nSPS) is 10.2. The Bertz CT molecular complexity index is 403. The van der Waals surface area contributed by atoms with Gasteiger partial charge in [0.15, 0.2) is 0 Å². The average Bonchev–Trinajstić information content (AvgIpc) is 2.37. The van der Waals surface area contributed by atoms with Crippen molar-refractivity contribution in [3.63, 3.8) is 0 Å². The van der Waals surface area contributed by atoms with Gasteiger partial charge in [-0.15, -0.1) is 6.61 Å². The zero-order chi connectivity index (χ0) is 14.9. The summed E-state index contributed by atoms with van der Waals surface area (Å²) in [5.41, 5.74) is 1.24. The van der Waals surface area contributed by atoms with Crippen LogP contribution in [0.2, 0.25) is 0 Å². The van der Waals surface area contributed by atoms with Crippen LogP contribution in [-0.2, 0) is 29.4 Å². The maximum atomic E-state index is 12.1. The van der Waals surface area contributed by atoms with Gasteiger partial charge in [-0.2, -0.15) is 7.11 Å². The first-order valence-electron chi connectivity index (χ1n) is 6.26. The third-order valence-corrected chi connectivity index (χ3v) is 2.52. The molecule has 0 bridgehead atoms. The molecule has 0 atom stereocenters. The summed E-state index contributed by atoms with van der Waals surface area (Å²) in [6.07, 6.45) is 2.09. The van der Waals surface area contributed by atoms with Crippen molar-refractivity contribution in [1.82, 2.24) is 0 Å². The molecule has 0 fully saturated rings. The molecule has 0 unspecified atom stereocenters. The third-order valence-electron chi connectivity index (χ3n) is 2.52. The molecule has 0 amide bonds. The van der Waals surface area contributed by atoms with Gasteiger partial charge in [-0.1, -0.05) is 44.7 Å². The molecule has 5 nitrogen and oxygen atoms in total. The fraction of sp³-hybridized carbons (Fsp3) is 0.533. The Labute approximate surface area is 138 Å². The minimum atomic E-state index is -0.157. The Morgan fingerprint density at radius 1 is 1.19 bits per heavy atom. The molecule has 0 aliphatic carbocycles. The van der Waals surface area contributed by atoms with E-state index in [1.807, 2.05) is 32.9 Å². The van der Waals surface area contributed by atoms with E-state index in [-0.39, 0.29) is 41.8 Å². The minimum Gasteiger partial charge on any atom is -2.00 e. The Hall–Kier alpha value is -0.846. The van der Waals surface area contributed by atoms with E-state index < -0.39 is 0 Å². The standard InChI is InChI=1S/C14H20NO2.CH3O.O.V/c1-14(2,3)12-7-4-6-11(13(12)17)10-15-8-5-9-16;1-2;;/h4,6-7,10,17H,5,8-9H2,1-3H3;1H3;;/q2*-1;-2;/p-1. The molecule has 0 heterocycles. The molecule has 121 valence electrons. The van der Waals surface area contributed by atoms with Crippen LogP contribution in [0.15, 0.2) is 23.2 Å². The van der Waals surface area contributed by atoms with Crippen LogP contribution in [0, 0.1) is 0 Å². The zero-order valence-corrected chi connectivity index (χ0v) is 14.4.